The van der Waals surface area contributed by atoms with E-state index in [2.05, 4.69) is 16.4 Å². The van der Waals surface area contributed by atoms with Crippen molar-refractivity contribution in [3.8, 4) is 34.4 Å². The number of hydrogen-bond acceptors (Lipinski definition) is 9. The smallest absolute Gasteiger partial charge is 0.326 e. The zero-order chi connectivity index (χ0) is 42.8. The number of benzene rings is 5. The average molecular weight is 874 g/mol. The molecule has 0 bridgehead atoms. The third kappa shape index (κ3) is 9.20. The molecule has 3 atom stereocenters. The molecule has 0 aliphatic carbocycles. The Balaban J connectivity index is 0.986. The van der Waals surface area contributed by atoms with Crippen LogP contribution in [0.2, 0.25) is 10.0 Å². The van der Waals surface area contributed by atoms with Crippen LogP contribution in [-0.4, -0.2) is 51.5 Å². The number of amides is 2. The standard InChI is InChI=1S/C47H38Cl2N4O7S/c1-26-44(61-27(2)51-26)46(55)53-23-35-21-42-41(59-25-43(60-42)33-12-14-36(15-13-33)58-24-30-7-16-37(48)38(49)17-30)20-34(35)19-40(53)45(54)52-39(47(56)57)18-28-3-8-31(9-4-28)32-10-5-29(22-50)6-11-32/h3-17,20-21,39-40,43H,18-19,23-25H2,1-2H3,(H,52,54)(H,56,57)/t39?,40-,43+/m0/s1. The van der Waals surface area contributed by atoms with Crippen molar-refractivity contribution < 1.29 is 33.7 Å². The lowest BCUT2D eigenvalue weighted by molar-refractivity contribution is -0.142. The Morgan fingerprint density at radius 1 is 0.918 bits per heavy atom. The van der Waals surface area contributed by atoms with Gasteiger partial charge in [-0.15, -0.1) is 11.3 Å². The zero-order valence-electron chi connectivity index (χ0n) is 33.0. The van der Waals surface area contributed by atoms with E-state index in [1.54, 1.807) is 31.2 Å². The highest BCUT2D eigenvalue weighted by Gasteiger charge is 2.39. The van der Waals surface area contributed by atoms with Gasteiger partial charge in [0, 0.05) is 19.4 Å². The maximum atomic E-state index is 14.3. The number of hydrogen-bond donors (Lipinski definition) is 2. The van der Waals surface area contributed by atoms with E-state index in [1.807, 2.05) is 85.8 Å². The number of thiazole rings is 1. The summed E-state index contributed by atoms with van der Waals surface area (Å²) >= 11 is 13.4. The van der Waals surface area contributed by atoms with Gasteiger partial charge in [0.1, 0.15) is 35.9 Å². The first kappa shape index (κ1) is 41.3. The number of nitrogens with zero attached hydrogens (tertiary/aromatic N) is 3. The topological polar surface area (TPSA) is 151 Å². The lowest BCUT2D eigenvalue weighted by Gasteiger charge is -2.37. The van der Waals surface area contributed by atoms with Crippen LogP contribution >= 0.6 is 34.5 Å². The molecular weight excluding hydrogens is 836 g/mol. The van der Waals surface area contributed by atoms with Crippen molar-refractivity contribution in [3.63, 3.8) is 0 Å². The molecule has 14 heteroatoms. The number of carbonyl (C=O) groups is 3. The van der Waals surface area contributed by atoms with Crippen LogP contribution in [-0.2, 0) is 35.6 Å². The number of aryl methyl sites for hydroxylation is 2. The summed E-state index contributed by atoms with van der Waals surface area (Å²) in [7, 11) is 0. The van der Waals surface area contributed by atoms with Gasteiger partial charge in [-0.2, -0.15) is 5.26 Å². The van der Waals surface area contributed by atoms with Crippen LogP contribution in [0, 0.1) is 25.2 Å². The van der Waals surface area contributed by atoms with Gasteiger partial charge in [0.05, 0.1) is 32.4 Å². The summed E-state index contributed by atoms with van der Waals surface area (Å²) in [5.74, 6) is -0.469. The Morgan fingerprint density at radius 3 is 2.26 bits per heavy atom. The number of fused-ring (bicyclic) bond motifs is 2. The first-order valence-electron chi connectivity index (χ1n) is 19.4. The van der Waals surface area contributed by atoms with E-state index in [4.69, 9.17) is 42.7 Å². The Kier molecular flexibility index (Phi) is 12.0. The lowest BCUT2D eigenvalue weighted by atomic mass is 9.91. The van der Waals surface area contributed by atoms with Crippen molar-refractivity contribution in [2.75, 3.05) is 6.61 Å². The Morgan fingerprint density at radius 2 is 1.61 bits per heavy atom. The van der Waals surface area contributed by atoms with E-state index < -0.39 is 30.1 Å². The van der Waals surface area contributed by atoms with Gasteiger partial charge in [0.25, 0.3) is 5.91 Å². The quantitative estimate of drug-likeness (QED) is 0.130. The molecule has 1 unspecified atom stereocenters. The second-order valence-corrected chi connectivity index (χ2v) is 16.9. The predicted molar refractivity (Wildman–Crippen MR) is 231 cm³/mol. The van der Waals surface area contributed by atoms with Crippen LogP contribution in [0.1, 0.15) is 59.9 Å². The van der Waals surface area contributed by atoms with Gasteiger partial charge in [-0.1, -0.05) is 77.8 Å². The molecule has 6 aromatic rings. The van der Waals surface area contributed by atoms with Crippen LogP contribution in [0.25, 0.3) is 11.1 Å². The second-order valence-electron chi connectivity index (χ2n) is 14.9. The SMILES string of the molecule is Cc1nc(C)c(C(=O)N2Cc3cc4c(cc3C[C@H]2C(=O)NC(Cc2ccc(-c3ccc(C#N)cc3)cc2)C(=O)O)OC[C@H](c2ccc(OCc3ccc(Cl)c(Cl)c3)cc2)O4)s1. The summed E-state index contributed by atoms with van der Waals surface area (Å²) in [5.41, 5.74) is 6.96. The van der Waals surface area contributed by atoms with Crippen molar-refractivity contribution >= 4 is 52.3 Å². The number of halogens is 2. The van der Waals surface area contributed by atoms with Crippen LogP contribution in [0.4, 0.5) is 0 Å². The molecule has 2 aliphatic heterocycles. The molecule has 0 saturated heterocycles. The van der Waals surface area contributed by atoms with E-state index in [9.17, 15) is 19.5 Å². The van der Waals surface area contributed by atoms with E-state index in [-0.39, 0.29) is 31.9 Å². The molecule has 2 amide bonds. The molecular formula is C47H38Cl2N4O7S. The molecule has 8 rings (SSSR count). The van der Waals surface area contributed by atoms with Gasteiger partial charge in [-0.05, 0) is 101 Å². The number of rotatable bonds is 11. The molecule has 0 fully saturated rings. The monoisotopic (exact) mass is 872 g/mol. The maximum absolute atomic E-state index is 14.3. The van der Waals surface area contributed by atoms with Crippen molar-refractivity contribution in [2.24, 2.45) is 0 Å². The van der Waals surface area contributed by atoms with Crippen molar-refractivity contribution in [1.82, 2.24) is 15.2 Å². The van der Waals surface area contributed by atoms with E-state index in [0.717, 1.165) is 33.4 Å². The first-order valence-corrected chi connectivity index (χ1v) is 21.0. The summed E-state index contributed by atoms with van der Waals surface area (Å²) in [6.07, 6.45) is -0.274. The van der Waals surface area contributed by atoms with Gasteiger partial charge in [0.15, 0.2) is 17.6 Å². The molecule has 3 heterocycles. The van der Waals surface area contributed by atoms with Crippen LogP contribution < -0.4 is 19.5 Å². The minimum absolute atomic E-state index is 0.0213. The third-order valence-electron chi connectivity index (χ3n) is 10.7. The molecule has 2 aliphatic rings. The summed E-state index contributed by atoms with van der Waals surface area (Å²) in [4.78, 5) is 47.4. The van der Waals surface area contributed by atoms with Crippen molar-refractivity contribution in [3.05, 3.63) is 162 Å². The lowest BCUT2D eigenvalue weighted by Crippen LogP contribution is -2.55. The fourth-order valence-electron chi connectivity index (χ4n) is 7.47. The molecule has 11 nitrogen and oxygen atoms in total. The maximum Gasteiger partial charge on any atom is 0.326 e. The molecule has 1 aromatic heterocycles. The predicted octanol–water partition coefficient (Wildman–Crippen LogP) is 9.08. The minimum Gasteiger partial charge on any atom is -0.489 e. The number of carboxylic acid groups (broad SMARTS) is 1. The number of aliphatic carboxylic acids is 1. The van der Waals surface area contributed by atoms with Gasteiger partial charge in [-0.3, -0.25) is 9.59 Å². The van der Waals surface area contributed by atoms with E-state index in [1.165, 1.54) is 16.2 Å². The molecule has 0 saturated carbocycles. The number of carboxylic acids is 1. The first-order chi connectivity index (χ1) is 29.4. The zero-order valence-corrected chi connectivity index (χ0v) is 35.3. The molecule has 2 N–H and O–H groups in total. The number of carbonyl (C=O) groups excluding carboxylic acids is 2. The van der Waals surface area contributed by atoms with Gasteiger partial charge in [-0.25, -0.2) is 9.78 Å². The van der Waals surface area contributed by atoms with Gasteiger partial charge >= 0.3 is 5.97 Å². The second kappa shape index (κ2) is 17.7. The van der Waals surface area contributed by atoms with E-state index >= 15 is 0 Å². The van der Waals surface area contributed by atoms with Crippen LogP contribution in [0.3, 0.4) is 0 Å². The Bertz CT molecular complexity index is 2680. The largest absolute Gasteiger partial charge is 0.489 e. The van der Waals surface area contributed by atoms with Gasteiger partial charge < -0.3 is 29.5 Å². The average Bonchev–Trinajstić information content (AvgIpc) is 3.62. The van der Waals surface area contributed by atoms with Gasteiger partial charge in [0.2, 0.25) is 5.91 Å². The summed E-state index contributed by atoms with van der Waals surface area (Å²) in [6, 6.07) is 31.0. The molecule has 61 heavy (non-hydrogen) atoms. The number of nitrogens with one attached hydrogen (secondary N) is 1. The highest BCUT2D eigenvalue weighted by Crippen LogP contribution is 2.41. The minimum atomic E-state index is -1.26. The normalized spacial score (nSPS) is 15.9. The number of ether oxygens (including phenoxy) is 3. The Hall–Kier alpha value is -6.39. The summed E-state index contributed by atoms with van der Waals surface area (Å²) in [5, 5.41) is 23.8. The summed E-state index contributed by atoms with van der Waals surface area (Å²) < 4.78 is 18.6. The van der Waals surface area contributed by atoms with Crippen LogP contribution in [0.15, 0.2) is 103 Å². The van der Waals surface area contributed by atoms with Crippen molar-refractivity contribution in [2.45, 2.75) is 58.0 Å². The third-order valence-corrected chi connectivity index (χ3v) is 12.5. The Labute approximate surface area is 366 Å². The number of nitriles is 1. The highest BCUT2D eigenvalue weighted by atomic mass is 35.5. The molecule has 308 valence electrons. The van der Waals surface area contributed by atoms with Crippen molar-refractivity contribution in [1.29, 1.82) is 5.26 Å². The fraction of sp³-hybridized carbons (Fsp3) is 0.213. The van der Waals surface area contributed by atoms with Crippen LogP contribution in [0.5, 0.6) is 17.2 Å². The number of aromatic nitrogens is 1. The summed E-state index contributed by atoms with van der Waals surface area (Å²) in [6.45, 7) is 4.20. The fourth-order valence-corrected chi connectivity index (χ4v) is 8.67. The molecule has 5 aromatic carbocycles. The highest BCUT2D eigenvalue weighted by molar-refractivity contribution is 7.13. The molecule has 0 spiro atoms. The van der Waals surface area contributed by atoms with E-state index in [0.29, 0.717) is 60.6 Å². The molecule has 0 radical (unpaired) electrons.